The molecule has 0 N–H and O–H groups in total. The zero-order valence-electron chi connectivity index (χ0n) is 12.0. The second kappa shape index (κ2) is 5.91. The average Bonchev–Trinajstić information content (AvgIpc) is 2.46. The summed E-state index contributed by atoms with van der Waals surface area (Å²) in [6, 6.07) is 4.08. The van der Waals surface area contributed by atoms with E-state index in [1.807, 2.05) is 4.90 Å². The average molecular weight is 301 g/mol. The van der Waals surface area contributed by atoms with Crippen molar-refractivity contribution >= 4 is 11.7 Å². The van der Waals surface area contributed by atoms with E-state index in [1.165, 1.54) is 13.0 Å². The summed E-state index contributed by atoms with van der Waals surface area (Å²) in [5.74, 6) is 0.347. The van der Waals surface area contributed by atoms with Gasteiger partial charge in [0.05, 0.1) is 0 Å². The molecule has 7 heteroatoms. The SMILES string of the molecule is CC(=O)N(C)C1CCN(c2cccc(C(F)(F)F)n2)CC1. The molecule has 1 aromatic heterocycles. The summed E-state index contributed by atoms with van der Waals surface area (Å²) in [5, 5.41) is 0. The number of halogens is 3. The maximum atomic E-state index is 12.7. The number of hydrogen-bond donors (Lipinski definition) is 0. The van der Waals surface area contributed by atoms with Crippen LogP contribution < -0.4 is 4.90 Å². The second-order valence-electron chi connectivity index (χ2n) is 5.23. The molecule has 0 unspecified atom stereocenters. The number of amides is 1. The summed E-state index contributed by atoms with van der Waals surface area (Å²) < 4.78 is 38.0. The van der Waals surface area contributed by atoms with Gasteiger partial charge < -0.3 is 9.80 Å². The van der Waals surface area contributed by atoms with E-state index in [-0.39, 0.29) is 11.9 Å². The Bertz CT molecular complexity index is 510. The Morgan fingerprint density at radius 2 is 1.95 bits per heavy atom. The molecule has 1 amide bonds. The van der Waals surface area contributed by atoms with Gasteiger partial charge in [0, 0.05) is 33.1 Å². The number of piperidine rings is 1. The highest BCUT2D eigenvalue weighted by atomic mass is 19.4. The lowest BCUT2D eigenvalue weighted by Gasteiger charge is -2.37. The fourth-order valence-corrected chi connectivity index (χ4v) is 2.50. The molecule has 1 fully saturated rings. The Balaban J connectivity index is 2.04. The predicted octanol–water partition coefficient (Wildman–Crippen LogP) is 2.55. The predicted molar refractivity (Wildman–Crippen MR) is 72.9 cm³/mol. The highest BCUT2D eigenvalue weighted by Gasteiger charge is 2.33. The Kier molecular flexibility index (Phi) is 4.39. The van der Waals surface area contributed by atoms with Crippen molar-refractivity contribution in [1.82, 2.24) is 9.88 Å². The Morgan fingerprint density at radius 1 is 1.33 bits per heavy atom. The fraction of sp³-hybridized carbons (Fsp3) is 0.571. The summed E-state index contributed by atoms with van der Waals surface area (Å²) in [6.45, 7) is 2.70. The van der Waals surface area contributed by atoms with Gasteiger partial charge in [-0.3, -0.25) is 4.79 Å². The van der Waals surface area contributed by atoms with Crippen molar-refractivity contribution in [1.29, 1.82) is 0 Å². The van der Waals surface area contributed by atoms with Gasteiger partial charge in [-0.15, -0.1) is 0 Å². The summed E-state index contributed by atoms with van der Waals surface area (Å²) in [7, 11) is 1.76. The minimum atomic E-state index is -4.43. The summed E-state index contributed by atoms with van der Waals surface area (Å²) in [6.07, 6.45) is -2.97. The van der Waals surface area contributed by atoms with Gasteiger partial charge in [-0.2, -0.15) is 13.2 Å². The highest BCUT2D eigenvalue weighted by Crippen LogP contribution is 2.29. The maximum absolute atomic E-state index is 12.7. The molecule has 116 valence electrons. The number of pyridine rings is 1. The van der Waals surface area contributed by atoms with E-state index < -0.39 is 11.9 Å². The first kappa shape index (κ1) is 15.6. The molecule has 0 aliphatic carbocycles. The van der Waals surface area contributed by atoms with E-state index in [4.69, 9.17) is 0 Å². The first-order valence-electron chi connectivity index (χ1n) is 6.81. The third kappa shape index (κ3) is 3.65. The van der Waals surface area contributed by atoms with Crippen LogP contribution in [0.25, 0.3) is 0 Å². The van der Waals surface area contributed by atoms with Gasteiger partial charge >= 0.3 is 6.18 Å². The largest absolute Gasteiger partial charge is 0.433 e. The van der Waals surface area contributed by atoms with Crippen LogP contribution in [0.2, 0.25) is 0 Å². The van der Waals surface area contributed by atoms with Gasteiger partial charge in [0.2, 0.25) is 5.91 Å². The molecular formula is C14H18F3N3O. The van der Waals surface area contributed by atoms with Crippen LogP contribution in [0.5, 0.6) is 0 Å². The van der Waals surface area contributed by atoms with Crippen LogP contribution in [0.15, 0.2) is 18.2 Å². The van der Waals surface area contributed by atoms with Gasteiger partial charge in [-0.25, -0.2) is 4.98 Å². The van der Waals surface area contributed by atoms with E-state index in [0.717, 1.165) is 18.9 Å². The number of alkyl halides is 3. The van der Waals surface area contributed by atoms with Crippen molar-refractivity contribution in [3.8, 4) is 0 Å². The van der Waals surface area contributed by atoms with E-state index in [9.17, 15) is 18.0 Å². The maximum Gasteiger partial charge on any atom is 0.433 e. The van der Waals surface area contributed by atoms with Gasteiger partial charge in [0.1, 0.15) is 11.5 Å². The van der Waals surface area contributed by atoms with Crippen molar-refractivity contribution in [3.05, 3.63) is 23.9 Å². The molecule has 0 atom stereocenters. The van der Waals surface area contributed by atoms with Crippen molar-refractivity contribution in [2.24, 2.45) is 0 Å². The number of rotatable bonds is 2. The van der Waals surface area contributed by atoms with E-state index in [0.29, 0.717) is 18.9 Å². The molecule has 0 radical (unpaired) electrons. The third-order valence-electron chi connectivity index (χ3n) is 3.86. The fourth-order valence-electron chi connectivity index (χ4n) is 2.50. The van der Waals surface area contributed by atoms with E-state index >= 15 is 0 Å². The van der Waals surface area contributed by atoms with Crippen molar-refractivity contribution in [3.63, 3.8) is 0 Å². The van der Waals surface area contributed by atoms with Crippen LogP contribution in [0.4, 0.5) is 19.0 Å². The molecule has 0 saturated carbocycles. The van der Waals surface area contributed by atoms with Crippen LogP contribution in [-0.2, 0) is 11.0 Å². The summed E-state index contributed by atoms with van der Waals surface area (Å²) in [4.78, 5) is 18.5. The Hall–Kier alpha value is -1.79. The zero-order valence-corrected chi connectivity index (χ0v) is 12.0. The lowest BCUT2D eigenvalue weighted by molar-refractivity contribution is -0.141. The zero-order chi connectivity index (χ0) is 15.6. The number of nitrogens with zero attached hydrogens (tertiary/aromatic N) is 3. The van der Waals surface area contributed by atoms with Crippen molar-refractivity contribution < 1.29 is 18.0 Å². The Morgan fingerprint density at radius 3 is 2.48 bits per heavy atom. The first-order valence-corrected chi connectivity index (χ1v) is 6.81. The standard InChI is InChI=1S/C14H18F3N3O/c1-10(21)19(2)11-6-8-20(9-7-11)13-5-3-4-12(18-13)14(15,16)17/h3-5,11H,6-9H2,1-2H3. The molecule has 1 saturated heterocycles. The number of hydrogen-bond acceptors (Lipinski definition) is 3. The molecule has 2 rings (SSSR count). The van der Waals surface area contributed by atoms with Crippen LogP contribution in [0.3, 0.4) is 0 Å². The lowest BCUT2D eigenvalue weighted by atomic mass is 10.0. The van der Waals surface area contributed by atoms with Gasteiger partial charge in [0.25, 0.3) is 0 Å². The Labute approximate surface area is 121 Å². The number of aromatic nitrogens is 1. The molecular weight excluding hydrogens is 283 g/mol. The number of carbonyl (C=O) groups excluding carboxylic acids is 1. The topological polar surface area (TPSA) is 36.4 Å². The van der Waals surface area contributed by atoms with Crippen molar-refractivity contribution in [2.75, 3.05) is 25.0 Å². The van der Waals surface area contributed by atoms with E-state index in [1.54, 1.807) is 18.0 Å². The van der Waals surface area contributed by atoms with Crippen LogP contribution in [-0.4, -0.2) is 42.0 Å². The van der Waals surface area contributed by atoms with Crippen LogP contribution in [0, 0.1) is 0 Å². The van der Waals surface area contributed by atoms with E-state index in [2.05, 4.69) is 4.98 Å². The van der Waals surface area contributed by atoms with Gasteiger partial charge in [0.15, 0.2) is 0 Å². The van der Waals surface area contributed by atoms with Gasteiger partial charge in [-0.05, 0) is 25.0 Å². The smallest absolute Gasteiger partial charge is 0.356 e. The monoisotopic (exact) mass is 301 g/mol. The molecule has 0 spiro atoms. The molecule has 2 heterocycles. The molecule has 21 heavy (non-hydrogen) atoms. The lowest BCUT2D eigenvalue weighted by Crippen LogP contribution is -2.45. The second-order valence-corrected chi connectivity index (χ2v) is 5.23. The molecule has 0 bridgehead atoms. The normalized spacial score (nSPS) is 16.9. The number of anilines is 1. The van der Waals surface area contributed by atoms with Crippen molar-refractivity contribution in [2.45, 2.75) is 32.0 Å². The van der Waals surface area contributed by atoms with Gasteiger partial charge in [-0.1, -0.05) is 6.07 Å². The minimum Gasteiger partial charge on any atom is -0.356 e. The minimum absolute atomic E-state index is 0.00523. The molecule has 0 aromatic carbocycles. The molecule has 1 aliphatic rings. The van der Waals surface area contributed by atoms with Crippen LogP contribution in [0.1, 0.15) is 25.5 Å². The first-order chi connectivity index (χ1) is 9.79. The molecule has 1 aromatic rings. The summed E-state index contributed by atoms with van der Waals surface area (Å²) in [5.41, 5.74) is -0.872. The third-order valence-corrected chi connectivity index (χ3v) is 3.86. The number of carbonyl (C=O) groups is 1. The quantitative estimate of drug-likeness (QED) is 0.842. The van der Waals surface area contributed by atoms with Crippen LogP contribution >= 0.6 is 0 Å². The molecule has 1 aliphatic heterocycles. The summed E-state index contributed by atoms with van der Waals surface area (Å²) >= 11 is 0. The molecule has 4 nitrogen and oxygen atoms in total. The highest BCUT2D eigenvalue weighted by molar-refractivity contribution is 5.73.